The van der Waals surface area contributed by atoms with Gasteiger partial charge < -0.3 is 30.0 Å². The Hall–Kier alpha value is -12.7. The van der Waals surface area contributed by atoms with Crippen LogP contribution < -0.4 is 24.8 Å². The second kappa shape index (κ2) is 28.2. The summed E-state index contributed by atoms with van der Waals surface area (Å²) < 4.78 is 17.0. The van der Waals surface area contributed by atoms with Crippen molar-refractivity contribution in [2.75, 3.05) is 10.6 Å². The first-order valence-electron chi connectivity index (χ1n) is 25.8. The Morgan fingerprint density at radius 1 is 0.369 bits per heavy atom. The molecule has 8 aromatic carbocycles. The first kappa shape index (κ1) is 56.0. The molecule has 8 aromatic rings. The minimum atomic E-state index is -0.841. The lowest BCUT2D eigenvalue weighted by molar-refractivity contribution is -0.134. The lowest BCUT2D eigenvalue weighted by Gasteiger charge is -2.50. The summed E-state index contributed by atoms with van der Waals surface area (Å²) in [6.45, 7) is 0. The number of ether oxygens (including phenoxy) is 3. The van der Waals surface area contributed by atoms with Gasteiger partial charge in [-0.25, -0.2) is 9.59 Å². The summed E-state index contributed by atoms with van der Waals surface area (Å²) in [6.07, 6.45) is 7.54. The minimum absolute atomic E-state index is 0.00489. The second-order valence-electron chi connectivity index (χ2n) is 18.2. The molecule has 84 heavy (non-hydrogen) atoms. The molecule has 1 fully saturated rings. The second-order valence-corrected chi connectivity index (χ2v) is 18.2. The molecule has 1 aliphatic carbocycles. The molecule has 2 unspecified atom stereocenters. The van der Waals surface area contributed by atoms with Crippen molar-refractivity contribution in [3.05, 3.63) is 229 Å². The molecule has 0 heterocycles. The number of nitrogens with one attached hydrogen (secondary N) is 2. The highest BCUT2D eigenvalue weighted by Gasteiger charge is 2.58. The number of phenolic OH excluding ortho intramolecular Hbond substituents is 1. The Morgan fingerprint density at radius 3 is 1.08 bits per heavy atom. The number of anilines is 2. The van der Waals surface area contributed by atoms with Crippen LogP contribution in [0.4, 0.5) is 11.4 Å². The fourth-order valence-corrected chi connectivity index (χ4v) is 9.09. The third-order valence-corrected chi connectivity index (χ3v) is 13.0. The Labute approximate surface area is 486 Å². The number of carbonyl (C=O) groups is 4. The van der Waals surface area contributed by atoms with Gasteiger partial charge in [0, 0.05) is 70.6 Å². The summed E-state index contributed by atoms with van der Waals surface area (Å²) >= 11 is 0. The van der Waals surface area contributed by atoms with E-state index in [1.807, 2.05) is 84.9 Å². The third kappa shape index (κ3) is 15.1. The quantitative estimate of drug-likeness (QED) is 0.0589. The van der Waals surface area contributed by atoms with Crippen LogP contribution in [-0.2, 0) is 9.59 Å². The summed E-state index contributed by atoms with van der Waals surface area (Å²) in [5.41, 5.74) is 6.59. The van der Waals surface area contributed by atoms with Crippen LogP contribution in [-0.4, -0.2) is 28.9 Å². The van der Waals surface area contributed by atoms with Crippen molar-refractivity contribution in [1.82, 2.24) is 0 Å². The van der Waals surface area contributed by atoms with Crippen LogP contribution in [0.2, 0.25) is 0 Å². The predicted octanol–water partition coefficient (Wildman–Crippen LogP) is 11.6. The summed E-state index contributed by atoms with van der Waals surface area (Å²) in [4.78, 5) is 56.1. The number of hydrogen-bond donors (Lipinski definition) is 3. The van der Waals surface area contributed by atoms with Gasteiger partial charge in [0.05, 0.1) is 23.0 Å². The number of rotatable bonds is 13. The molecule has 0 saturated heterocycles. The average molecular weight is 1090 g/mol. The highest BCUT2D eigenvalue weighted by Crippen LogP contribution is 2.58. The molecule has 10 heteroatoms. The Morgan fingerprint density at radius 2 is 0.702 bits per heavy atom. The molecular weight excluding hydrogens is 1040 g/mol. The number of aromatic hydroxyl groups is 1. The number of hydrogen-bond acceptors (Lipinski definition) is 8. The van der Waals surface area contributed by atoms with E-state index in [9.17, 15) is 24.3 Å². The number of phenols is 1. The molecular formula is C74H42N2O8. The number of esters is 2. The number of carbonyl (C=O) groups excluding carboxylic acids is 4. The van der Waals surface area contributed by atoms with Crippen molar-refractivity contribution >= 4 is 35.1 Å². The van der Waals surface area contributed by atoms with E-state index in [4.69, 9.17) is 20.6 Å². The van der Waals surface area contributed by atoms with Crippen molar-refractivity contribution in [3.63, 3.8) is 0 Å². The minimum Gasteiger partial charge on any atom is -0.508 e. The normalized spacial score (nSPS) is 13.7. The Balaban J connectivity index is 0.915. The van der Waals surface area contributed by atoms with E-state index in [1.54, 1.807) is 109 Å². The molecule has 2 atom stereocenters. The maximum Gasteiger partial charge on any atom is 0.343 e. The SMILES string of the molecule is C#CC#CC#CC#CC#CC#CC#CC#CC#COc1ccc(C2C(C(=O)Nc3ccc(C(=O)Oc4ccc(-c5ccccc5)cc4)cc3)C(c3ccc(O)cc3)C2C(=O)Nc2ccc(C(=O)Oc3ccc(-c4ccccc4)cc3)cc2)cc1. The summed E-state index contributed by atoms with van der Waals surface area (Å²) in [6, 6.07) is 60.0. The van der Waals surface area contributed by atoms with Gasteiger partial charge in [-0.2, -0.15) is 0 Å². The first-order chi connectivity index (χ1) is 41.2. The van der Waals surface area contributed by atoms with Gasteiger partial charge in [-0.1, -0.05) is 109 Å². The topological polar surface area (TPSA) is 140 Å². The zero-order chi connectivity index (χ0) is 58.3. The van der Waals surface area contributed by atoms with Gasteiger partial charge in [0.2, 0.25) is 11.8 Å². The molecule has 3 N–H and O–H groups in total. The molecule has 10 nitrogen and oxygen atoms in total. The monoisotopic (exact) mass is 1090 g/mol. The van der Waals surface area contributed by atoms with Gasteiger partial charge in [-0.3, -0.25) is 9.59 Å². The van der Waals surface area contributed by atoms with E-state index in [0.29, 0.717) is 39.8 Å². The van der Waals surface area contributed by atoms with Gasteiger partial charge >= 0.3 is 11.9 Å². The van der Waals surface area contributed by atoms with Crippen molar-refractivity contribution in [2.45, 2.75) is 11.8 Å². The molecule has 0 radical (unpaired) electrons. The molecule has 396 valence electrons. The maximum absolute atomic E-state index is 14.8. The van der Waals surface area contributed by atoms with Crippen molar-refractivity contribution in [3.8, 4) is 153 Å². The molecule has 0 aromatic heterocycles. The zero-order valence-corrected chi connectivity index (χ0v) is 44.3. The lowest BCUT2D eigenvalue weighted by atomic mass is 9.52. The van der Waals surface area contributed by atoms with Gasteiger partial charge in [-0.15, -0.1) is 6.42 Å². The summed E-state index contributed by atoms with van der Waals surface area (Å²) in [7, 11) is 0. The highest BCUT2D eigenvalue weighted by atomic mass is 16.5. The van der Waals surface area contributed by atoms with Crippen molar-refractivity contribution in [1.29, 1.82) is 0 Å². The van der Waals surface area contributed by atoms with E-state index in [2.05, 4.69) is 111 Å². The summed E-state index contributed by atoms with van der Waals surface area (Å²) in [5, 5.41) is 16.4. The van der Waals surface area contributed by atoms with Crippen molar-refractivity contribution < 1.29 is 38.5 Å². The third-order valence-electron chi connectivity index (χ3n) is 13.0. The van der Waals surface area contributed by atoms with E-state index in [1.165, 1.54) is 12.1 Å². The van der Waals surface area contributed by atoms with Gasteiger partial charge in [0.25, 0.3) is 0 Å². The number of amides is 2. The predicted molar refractivity (Wildman–Crippen MR) is 322 cm³/mol. The van der Waals surface area contributed by atoms with Gasteiger partial charge in [0.1, 0.15) is 29.1 Å². The molecule has 0 aliphatic heterocycles. The molecule has 1 aliphatic rings. The van der Waals surface area contributed by atoms with Crippen LogP contribution in [0.3, 0.4) is 0 Å². The number of benzene rings is 8. The first-order valence-corrected chi connectivity index (χ1v) is 25.8. The lowest BCUT2D eigenvalue weighted by Crippen LogP contribution is -2.53. The smallest absolute Gasteiger partial charge is 0.343 e. The molecule has 1 saturated carbocycles. The van der Waals surface area contributed by atoms with E-state index in [-0.39, 0.29) is 16.9 Å². The molecule has 0 spiro atoms. The van der Waals surface area contributed by atoms with Crippen LogP contribution >= 0.6 is 0 Å². The number of terminal acetylenes is 1. The fourth-order valence-electron chi connectivity index (χ4n) is 9.09. The van der Waals surface area contributed by atoms with E-state index in [0.717, 1.165) is 22.3 Å². The van der Waals surface area contributed by atoms with E-state index < -0.39 is 47.4 Å². The molecule has 2 amide bonds. The van der Waals surface area contributed by atoms with Crippen LogP contribution in [0.25, 0.3) is 22.3 Å². The standard InChI is InChI=1S/C74H42N2O8/c1-2-3-4-5-6-7-8-9-10-11-12-13-14-15-16-23-52-82-64-46-38-58(39-47-64)68-69(71(78)75-61-40-28-59(29-41-61)73(80)83-65-48-34-55(35-49-65)53-24-19-17-20-25-53)67(57-32-44-63(77)45-33-57)70(68)72(79)76-62-42-30-60(31-43-62)74(81)84-66-50-36-56(37-51-66)54-26-21-18-22-27-54/h1,17-22,24-51,67-70,77H,(H,75,78)(H,76,79). The largest absolute Gasteiger partial charge is 0.508 e. The van der Waals surface area contributed by atoms with Crippen LogP contribution in [0.5, 0.6) is 23.0 Å². The fraction of sp³-hybridized carbons (Fsp3) is 0.0541. The Kier molecular flexibility index (Phi) is 18.8. The average Bonchev–Trinajstić information content (AvgIpc) is 1.01. The van der Waals surface area contributed by atoms with Gasteiger partial charge in [-0.05, 0) is 178 Å². The van der Waals surface area contributed by atoms with E-state index >= 15 is 0 Å². The maximum atomic E-state index is 14.8. The highest BCUT2D eigenvalue weighted by molar-refractivity contribution is 6.02. The van der Waals surface area contributed by atoms with Crippen LogP contribution in [0.15, 0.2) is 206 Å². The van der Waals surface area contributed by atoms with Crippen LogP contribution in [0.1, 0.15) is 43.7 Å². The van der Waals surface area contributed by atoms with Crippen molar-refractivity contribution in [2.24, 2.45) is 11.8 Å². The zero-order valence-electron chi connectivity index (χ0n) is 44.3. The van der Waals surface area contributed by atoms with Crippen LogP contribution in [0, 0.1) is 119 Å². The van der Waals surface area contributed by atoms with Gasteiger partial charge in [0.15, 0.2) is 0 Å². The molecule has 9 rings (SSSR count). The summed E-state index contributed by atoms with van der Waals surface area (Å²) in [5.74, 6) is 35.8. The Bertz CT molecular complexity index is 4180. The molecule has 0 bridgehead atoms.